The Bertz CT molecular complexity index is 517. The molecule has 2 heteroatoms. The third-order valence-electron chi connectivity index (χ3n) is 2.48. The molecule has 1 nitrogen and oxygen atoms in total. The third-order valence-corrected chi connectivity index (χ3v) is 3.13. The molecule has 0 aliphatic rings. The van der Waals surface area contributed by atoms with Crippen LogP contribution in [0.15, 0.2) is 36.4 Å². The van der Waals surface area contributed by atoms with Gasteiger partial charge in [-0.2, -0.15) is 0 Å². The van der Waals surface area contributed by atoms with Crippen molar-refractivity contribution in [1.29, 1.82) is 0 Å². The van der Waals surface area contributed by atoms with Crippen LogP contribution in [0.5, 0.6) is 0 Å². The van der Waals surface area contributed by atoms with Gasteiger partial charge in [0.1, 0.15) is 0 Å². The van der Waals surface area contributed by atoms with Gasteiger partial charge in [-0.15, -0.1) is 0 Å². The minimum absolute atomic E-state index is 0.118. The van der Waals surface area contributed by atoms with Gasteiger partial charge >= 0.3 is 0 Å². The Morgan fingerprint density at radius 2 is 2.07 bits per heavy atom. The molecule has 0 unspecified atom stereocenters. The highest BCUT2D eigenvalue weighted by molar-refractivity contribution is 9.08. The minimum Gasteiger partial charge on any atom is -0.294 e. The number of hydrogen-bond donors (Lipinski definition) is 0. The second-order valence-corrected chi connectivity index (χ2v) is 4.11. The predicted molar refractivity (Wildman–Crippen MR) is 66.6 cm³/mol. The summed E-state index contributed by atoms with van der Waals surface area (Å²) in [6, 6.07) is 12.0. The maximum atomic E-state index is 11.4. The van der Waals surface area contributed by atoms with Crippen LogP contribution in [0.3, 0.4) is 0 Å². The quantitative estimate of drug-likeness (QED) is 0.592. The summed E-state index contributed by atoms with van der Waals surface area (Å²) in [7, 11) is 0. The van der Waals surface area contributed by atoms with Crippen LogP contribution in [0.2, 0.25) is 0 Å². The Labute approximate surface area is 97.2 Å². The molecule has 0 bridgehead atoms. The van der Waals surface area contributed by atoms with E-state index in [1.807, 2.05) is 30.3 Å². The van der Waals surface area contributed by atoms with Crippen molar-refractivity contribution in [3.05, 3.63) is 47.5 Å². The van der Waals surface area contributed by atoms with Gasteiger partial charge < -0.3 is 0 Å². The molecule has 0 saturated carbocycles. The number of rotatable bonds is 2. The molecule has 2 aromatic rings. The summed E-state index contributed by atoms with van der Waals surface area (Å²) in [5.74, 6) is 0.118. The fourth-order valence-electron chi connectivity index (χ4n) is 1.72. The third kappa shape index (κ3) is 1.95. The molecule has 0 fully saturated rings. The summed E-state index contributed by atoms with van der Waals surface area (Å²) in [5, 5.41) is 3.00. The van der Waals surface area contributed by atoms with Gasteiger partial charge in [-0.3, -0.25) is 4.79 Å². The smallest absolute Gasteiger partial charge is 0.160 e. The monoisotopic (exact) mass is 262 g/mol. The second kappa shape index (κ2) is 4.15. The van der Waals surface area contributed by atoms with Crippen LogP contribution in [0.25, 0.3) is 10.8 Å². The van der Waals surface area contributed by atoms with Gasteiger partial charge in [0.2, 0.25) is 0 Å². The molecule has 76 valence electrons. The topological polar surface area (TPSA) is 17.1 Å². The predicted octanol–water partition coefficient (Wildman–Crippen LogP) is 3.94. The van der Waals surface area contributed by atoms with E-state index >= 15 is 0 Å². The van der Waals surface area contributed by atoms with E-state index < -0.39 is 0 Å². The van der Waals surface area contributed by atoms with Crippen molar-refractivity contribution in [1.82, 2.24) is 0 Å². The number of halogens is 1. The van der Waals surface area contributed by atoms with Crippen LogP contribution in [0, 0.1) is 0 Å². The standard InChI is InChI=1S/C13H11BrO/c1-9(15)12-4-2-3-11-7-10(8-14)5-6-13(11)12/h2-7H,8H2,1H3. The summed E-state index contributed by atoms with van der Waals surface area (Å²) >= 11 is 3.42. The Morgan fingerprint density at radius 1 is 1.27 bits per heavy atom. The number of Topliss-reactive ketones (excluding diaryl/α,β-unsaturated/α-hetero) is 1. The normalized spacial score (nSPS) is 10.5. The van der Waals surface area contributed by atoms with Crippen LogP contribution in [-0.4, -0.2) is 5.78 Å². The Kier molecular flexibility index (Phi) is 2.87. The molecule has 0 radical (unpaired) electrons. The van der Waals surface area contributed by atoms with E-state index in [9.17, 15) is 4.79 Å². The number of ketones is 1. The van der Waals surface area contributed by atoms with Crippen molar-refractivity contribution in [2.75, 3.05) is 0 Å². The zero-order valence-corrected chi connectivity index (χ0v) is 10.0. The highest BCUT2D eigenvalue weighted by Gasteiger charge is 2.04. The van der Waals surface area contributed by atoms with E-state index in [2.05, 4.69) is 22.0 Å². The molecule has 0 aromatic heterocycles. The maximum Gasteiger partial charge on any atom is 0.160 e. The Balaban J connectivity index is 2.72. The molecule has 0 amide bonds. The first-order valence-electron chi connectivity index (χ1n) is 4.81. The summed E-state index contributed by atoms with van der Waals surface area (Å²) in [6.07, 6.45) is 0. The van der Waals surface area contributed by atoms with Gasteiger partial charge in [-0.05, 0) is 23.3 Å². The number of benzene rings is 2. The molecule has 2 rings (SSSR count). The Morgan fingerprint density at radius 3 is 2.73 bits per heavy atom. The molecule has 15 heavy (non-hydrogen) atoms. The van der Waals surface area contributed by atoms with Gasteiger partial charge in [0.05, 0.1) is 0 Å². The fourth-order valence-corrected chi connectivity index (χ4v) is 2.07. The van der Waals surface area contributed by atoms with Crippen molar-refractivity contribution in [2.24, 2.45) is 0 Å². The molecule has 0 atom stereocenters. The van der Waals surface area contributed by atoms with Crippen LogP contribution in [0.4, 0.5) is 0 Å². The van der Waals surface area contributed by atoms with Crippen LogP contribution in [0.1, 0.15) is 22.8 Å². The summed E-state index contributed by atoms with van der Waals surface area (Å²) in [6.45, 7) is 1.60. The van der Waals surface area contributed by atoms with E-state index in [0.29, 0.717) is 0 Å². The molecular weight excluding hydrogens is 252 g/mol. The first kappa shape index (κ1) is 10.4. The molecular formula is C13H11BrO. The summed E-state index contributed by atoms with van der Waals surface area (Å²) in [5.41, 5.74) is 2.02. The molecule has 0 saturated heterocycles. The van der Waals surface area contributed by atoms with Crippen molar-refractivity contribution < 1.29 is 4.79 Å². The lowest BCUT2D eigenvalue weighted by Crippen LogP contribution is -1.93. The highest BCUT2D eigenvalue weighted by atomic mass is 79.9. The molecule has 0 spiro atoms. The summed E-state index contributed by atoms with van der Waals surface area (Å²) < 4.78 is 0. The minimum atomic E-state index is 0.118. The van der Waals surface area contributed by atoms with Crippen molar-refractivity contribution in [2.45, 2.75) is 12.3 Å². The van der Waals surface area contributed by atoms with Gasteiger partial charge in [0, 0.05) is 10.9 Å². The molecule has 0 N–H and O–H groups in total. The van der Waals surface area contributed by atoms with E-state index in [1.165, 1.54) is 5.56 Å². The van der Waals surface area contributed by atoms with Gasteiger partial charge in [-0.1, -0.05) is 52.3 Å². The Hall–Kier alpha value is -1.15. The largest absolute Gasteiger partial charge is 0.294 e. The maximum absolute atomic E-state index is 11.4. The number of fused-ring (bicyclic) bond motifs is 1. The zero-order chi connectivity index (χ0) is 10.8. The van der Waals surface area contributed by atoms with Crippen LogP contribution in [-0.2, 0) is 5.33 Å². The number of carbonyl (C=O) groups excluding carboxylic acids is 1. The van der Waals surface area contributed by atoms with E-state index in [4.69, 9.17) is 0 Å². The van der Waals surface area contributed by atoms with Gasteiger partial charge in [0.25, 0.3) is 0 Å². The molecule has 0 aliphatic carbocycles. The average molecular weight is 263 g/mol. The van der Waals surface area contributed by atoms with Crippen LogP contribution < -0.4 is 0 Å². The van der Waals surface area contributed by atoms with Gasteiger partial charge in [0.15, 0.2) is 5.78 Å². The van der Waals surface area contributed by atoms with Crippen molar-refractivity contribution in [3.63, 3.8) is 0 Å². The zero-order valence-electron chi connectivity index (χ0n) is 8.46. The van der Waals surface area contributed by atoms with Crippen LogP contribution >= 0.6 is 15.9 Å². The first-order valence-corrected chi connectivity index (χ1v) is 5.93. The number of hydrogen-bond acceptors (Lipinski definition) is 1. The number of carbonyl (C=O) groups is 1. The lowest BCUT2D eigenvalue weighted by atomic mass is 10.0. The second-order valence-electron chi connectivity index (χ2n) is 3.55. The molecule has 0 heterocycles. The first-order chi connectivity index (χ1) is 7.22. The fraction of sp³-hybridized carbons (Fsp3) is 0.154. The number of alkyl halides is 1. The van der Waals surface area contributed by atoms with Crippen molar-refractivity contribution >= 4 is 32.5 Å². The van der Waals surface area contributed by atoms with Crippen molar-refractivity contribution in [3.8, 4) is 0 Å². The lowest BCUT2D eigenvalue weighted by Gasteiger charge is -2.04. The SMILES string of the molecule is CC(=O)c1cccc2cc(CBr)ccc12. The summed E-state index contributed by atoms with van der Waals surface area (Å²) in [4.78, 5) is 11.4. The average Bonchev–Trinajstić information content (AvgIpc) is 2.27. The van der Waals surface area contributed by atoms with E-state index in [0.717, 1.165) is 21.7 Å². The van der Waals surface area contributed by atoms with E-state index in [-0.39, 0.29) is 5.78 Å². The van der Waals surface area contributed by atoms with Gasteiger partial charge in [-0.25, -0.2) is 0 Å². The molecule has 2 aromatic carbocycles. The molecule has 0 aliphatic heterocycles. The highest BCUT2D eigenvalue weighted by Crippen LogP contribution is 2.21. The lowest BCUT2D eigenvalue weighted by molar-refractivity contribution is 0.101. The van der Waals surface area contributed by atoms with E-state index in [1.54, 1.807) is 6.92 Å².